The molecule has 2 unspecified atom stereocenters. The van der Waals surface area contributed by atoms with Gasteiger partial charge in [-0.15, -0.1) is 0 Å². The normalized spacial score (nSPS) is 29.6. The number of benzene rings is 3. The number of rotatable bonds is 9. The monoisotopic (exact) mass is 596 g/mol. The molecule has 2 aliphatic carbocycles. The van der Waals surface area contributed by atoms with Crippen LogP contribution < -0.4 is 0 Å². The number of ether oxygens (including phenoxy) is 2. The van der Waals surface area contributed by atoms with Gasteiger partial charge in [-0.3, -0.25) is 4.79 Å². The van der Waals surface area contributed by atoms with Crippen LogP contribution in [-0.4, -0.2) is 35.3 Å². The highest BCUT2D eigenvalue weighted by atomic mass is 28.2. The summed E-state index contributed by atoms with van der Waals surface area (Å²) in [6.45, 7) is 7.78. The van der Waals surface area contributed by atoms with Gasteiger partial charge in [-0.1, -0.05) is 112 Å². The second-order valence-electron chi connectivity index (χ2n) is 14.2. The molecule has 43 heavy (non-hydrogen) atoms. The summed E-state index contributed by atoms with van der Waals surface area (Å²) >= 11 is 0. The molecule has 1 saturated heterocycles. The highest BCUT2D eigenvalue weighted by molar-refractivity contribution is 5.99. The van der Waals surface area contributed by atoms with Gasteiger partial charge in [0.15, 0.2) is 6.29 Å². The first kappa shape index (κ1) is 30.5. The number of ketones is 1. The standard InChI is InChI=1S/C38H48O4Si/c1-36(2,3)34-30-25-31(39)35(38(42-43,28-17-9-5-10-18-28)29-19-11-6-12-20-29)37(30,23-22-27-15-7-4-8-16-27)26-32(34)41-33-21-13-14-24-40-33/h4-12,15-20,30,32-35H,13-14,21-26H2,1-3,43H3/t30-,32-,33?,34-,35?,37-/m1/s1. The number of hydrogen-bond acceptors (Lipinski definition) is 4. The smallest absolute Gasteiger partial charge is 0.157 e. The van der Waals surface area contributed by atoms with E-state index in [1.165, 1.54) is 5.56 Å². The van der Waals surface area contributed by atoms with Gasteiger partial charge in [0.2, 0.25) is 0 Å². The van der Waals surface area contributed by atoms with E-state index < -0.39 is 5.60 Å². The molecule has 1 aliphatic heterocycles. The molecule has 6 rings (SSSR count). The van der Waals surface area contributed by atoms with Crippen LogP contribution in [-0.2, 0) is 30.7 Å². The van der Waals surface area contributed by atoms with E-state index in [2.05, 4.69) is 112 Å². The van der Waals surface area contributed by atoms with E-state index in [0.717, 1.165) is 56.3 Å². The summed E-state index contributed by atoms with van der Waals surface area (Å²) in [7, 11) is 0.501. The van der Waals surface area contributed by atoms with Crippen molar-refractivity contribution in [2.24, 2.45) is 28.6 Å². The fourth-order valence-corrected chi connectivity index (χ4v) is 9.91. The topological polar surface area (TPSA) is 44.8 Å². The van der Waals surface area contributed by atoms with E-state index in [-0.39, 0.29) is 41.0 Å². The highest BCUT2D eigenvalue weighted by Crippen LogP contribution is 2.69. The maximum Gasteiger partial charge on any atom is 0.157 e. The molecule has 228 valence electrons. The minimum atomic E-state index is -0.851. The molecule has 6 atom stereocenters. The largest absolute Gasteiger partial charge is 0.414 e. The third-order valence-electron chi connectivity index (χ3n) is 10.8. The zero-order valence-electron chi connectivity index (χ0n) is 26.3. The molecule has 4 nitrogen and oxygen atoms in total. The second kappa shape index (κ2) is 12.4. The molecule has 1 heterocycles. The van der Waals surface area contributed by atoms with Gasteiger partial charge in [-0.2, -0.15) is 0 Å². The lowest BCUT2D eigenvalue weighted by atomic mass is 9.59. The summed E-state index contributed by atoms with van der Waals surface area (Å²) in [6.07, 6.45) is 6.30. The van der Waals surface area contributed by atoms with Gasteiger partial charge in [0.1, 0.15) is 21.9 Å². The Morgan fingerprint density at radius 3 is 2.02 bits per heavy atom. The number of fused-ring (bicyclic) bond motifs is 1. The molecule has 0 aromatic heterocycles. The van der Waals surface area contributed by atoms with Crippen molar-refractivity contribution in [3.8, 4) is 0 Å². The van der Waals surface area contributed by atoms with Gasteiger partial charge in [0, 0.05) is 13.0 Å². The summed E-state index contributed by atoms with van der Waals surface area (Å²) in [5.41, 5.74) is 2.29. The van der Waals surface area contributed by atoms with Crippen LogP contribution in [0.3, 0.4) is 0 Å². The molecular formula is C38H48O4Si. The first-order valence-electron chi connectivity index (χ1n) is 16.3. The van der Waals surface area contributed by atoms with Gasteiger partial charge in [0.05, 0.1) is 12.0 Å². The van der Waals surface area contributed by atoms with E-state index in [1.807, 2.05) is 0 Å². The van der Waals surface area contributed by atoms with Crippen LogP contribution in [0.1, 0.15) is 76.0 Å². The van der Waals surface area contributed by atoms with Crippen molar-refractivity contribution in [3.05, 3.63) is 108 Å². The minimum Gasteiger partial charge on any atom is -0.414 e. The van der Waals surface area contributed by atoms with E-state index in [9.17, 15) is 4.79 Å². The van der Waals surface area contributed by atoms with Crippen molar-refractivity contribution in [2.45, 2.75) is 83.7 Å². The molecule has 3 aromatic carbocycles. The third kappa shape index (κ3) is 5.59. The highest BCUT2D eigenvalue weighted by Gasteiger charge is 2.70. The van der Waals surface area contributed by atoms with E-state index in [1.54, 1.807) is 0 Å². The molecule has 3 aromatic rings. The molecule has 0 amide bonds. The van der Waals surface area contributed by atoms with Crippen LogP contribution >= 0.6 is 0 Å². The Kier molecular flexibility index (Phi) is 8.81. The van der Waals surface area contributed by atoms with Crippen LogP contribution in [0.15, 0.2) is 91.0 Å². The maximum absolute atomic E-state index is 14.8. The number of aryl methyl sites for hydroxylation is 1. The van der Waals surface area contributed by atoms with Crippen molar-refractivity contribution in [2.75, 3.05) is 6.61 Å². The fourth-order valence-electron chi connectivity index (χ4n) is 9.20. The summed E-state index contributed by atoms with van der Waals surface area (Å²) in [4.78, 5) is 14.8. The Labute approximate surface area is 261 Å². The number of carbonyl (C=O) groups is 1. The molecule has 2 saturated carbocycles. The Balaban J connectivity index is 1.52. The maximum atomic E-state index is 14.8. The Morgan fingerprint density at radius 1 is 0.884 bits per heavy atom. The van der Waals surface area contributed by atoms with Gasteiger partial charge >= 0.3 is 0 Å². The Morgan fingerprint density at radius 2 is 1.49 bits per heavy atom. The fraction of sp³-hybridized carbons (Fsp3) is 0.500. The SMILES string of the molecule is CC(C)(C)[C@@H]1[C@H]2CC(=O)C(C(O[SiH3])(c3ccccc3)c3ccccc3)[C@]2(CCc2ccccc2)C[C@H]1OC1CCCCO1. The van der Waals surface area contributed by atoms with Crippen molar-refractivity contribution in [3.63, 3.8) is 0 Å². The van der Waals surface area contributed by atoms with E-state index in [4.69, 9.17) is 13.9 Å². The lowest BCUT2D eigenvalue weighted by Crippen LogP contribution is -2.49. The predicted molar refractivity (Wildman–Crippen MR) is 175 cm³/mol. The molecule has 3 fully saturated rings. The molecular weight excluding hydrogens is 549 g/mol. The van der Waals surface area contributed by atoms with Crippen LogP contribution in [0.5, 0.6) is 0 Å². The van der Waals surface area contributed by atoms with Crippen LogP contribution in [0.4, 0.5) is 0 Å². The van der Waals surface area contributed by atoms with E-state index >= 15 is 0 Å². The number of hydrogen-bond donors (Lipinski definition) is 0. The molecule has 3 aliphatic rings. The summed E-state index contributed by atoms with van der Waals surface area (Å²) < 4.78 is 20.0. The summed E-state index contributed by atoms with van der Waals surface area (Å²) in [6, 6.07) is 31.9. The second-order valence-corrected chi connectivity index (χ2v) is 14.6. The first-order valence-corrected chi connectivity index (χ1v) is 17.1. The van der Waals surface area contributed by atoms with Gasteiger partial charge in [0.25, 0.3) is 0 Å². The third-order valence-corrected chi connectivity index (χ3v) is 11.4. The van der Waals surface area contributed by atoms with Crippen molar-refractivity contribution < 1.29 is 18.7 Å². The molecule has 0 N–H and O–H groups in total. The quantitative estimate of drug-likeness (QED) is 0.249. The van der Waals surface area contributed by atoms with Crippen molar-refractivity contribution in [1.82, 2.24) is 0 Å². The van der Waals surface area contributed by atoms with Crippen LogP contribution in [0, 0.1) is 28.6 Å². The predicted octanol–water partition coefficient (Wildman–Crippen LogP) is 7.03. The lowest BCUT2D eigenvalue weighted by Gasteiger charge is -2.48. The van der Waals surface area contributed by atoms with Crippen molar-refractivity contribution in [1.29, 1.82) is 0 Å². The minimum absolute atomic E-state index is 0.0258. The van der Waals surface area contributed by atoms with Crippen molar-refractivity contribution >= 4 is 16.3 Å². The number of carbonyl (C=O) groups excluding carboxylic acids is 1. The summed E-state index contributed by atoms with van der Waals surface area (Å²) in [5.74, 6) is 0.456. The van der Waals surface area contributed by atoms with Gasteiger partial charge < -0.3 is 13.9 Å². The van der Waals surface area contributed by atoms with E-state index in [0.29, 0.717) is 22.7 Å². The van der Waals surface area contributed by atoms with Crippen LogP contribution in [0.2, 0.25) is 0 Å². The molecule has 5 heteroatoms. The zero-order chi connectivity index (χ0) is 30.1. The Bertz CT molecular complexity index is 1310. The molecule has 0 radical (unpaired) electrons. The lowest BCUT2D eigenvalue weighted by molar-refractivity contribution is -0.203. The first-order chi connectivity index (χ1) is 20.8. The van der Waals surface area contributed by atoms with Crippen LogP contribution in [0.25, 0.3) is 0 Å². The zero-order valence-corrected chi connectivity index (χ0v) is 28.3. The van der Waals surface area contributed by atoms with Gasteiger partial charge in [-0.25, -0.2) is 0 Å². The van der Waals surface area contributed by atoms with Gasteiger partial charge in [-0.05, 0) is 77.9 Å². The molecule has 0 spiro atoms. The molecule has 0 bridgehead atoms. The average Bonchev–Trinajstić information content (AvgIpc) is 3.47. The summed E-state index contributed by atoms with van der Waals surface area (Å²) in [5, 5.41) is 0. The average molecular weight is 597 g/mol. The number of Topliss-reactive ketones (excluding diaryl/α,β-unsaturated/α-hetero) is 1. The Hall–Kier alpha value is -2.57.